The van der Waals surface area contributed by atoms with Gasteiger partial charge in [-0.2, -0.15) is 31.4 Å². The lowest BCUT2D eigenvalue weighted by Gasteiger charge is -2.24. The van der Waals surface area contributed by atoms with Gasteiger partial charge in [0.25, 0.3) is 0 Å². The molecule has 0 fully saturated rings. The number of rotatable bonds is 6. The summed E-state index contributed by atoms with van der Waals surface area (Å²) in [6.45, 7) is 3.82. The average molecular weight is 471 g/mol. The molecule has 1 atom stereocenters. The summed E-state index contributed by atoms with van der Waals surface area (Å²) in [5, 5.41) is 4.44. The molecule has 4 nitrogen and oxygen atoms in total. The fourth-order valence-electron chi connectivity index (χ4n) is 3.52. The van der Waals surface area contributed by atoms with Crippen LogP contribution >= 0.6 is 0 Å². The van der Waals surface area contributed by atoms with Gasteiger partial charge in [-0.25, -0.2) is 4.98 Å². The predicted molar refractivity (Wildman–Crippen MR) is 111 cm³/mol. The highest BCUT2D eigenvalue weighted by Gasteiger charge is 2.34. The van der Waals surface area contributed by atoms with E-state index in [4.69, 9.17) is 4.74 Å². The smallest absolute Gasteiger partial charge is 0.433 e. The van der Waals surface area contributed by atoms with E-state index >= 15 is 0 Å². The van der Waals surface area contributed by atoms with E-state index in [1.807, 2.05) is 0 Å². The number of hydrogen-bond acceptors (Lipinski definition) is 3. The summed E-state index contributed by atoms with van der Waals surface area (Å²) in [6.07, 6.45) is -3.08. The first-order valence-electron chi connectivity index (χ1n) is 10.4. The second kappa shape index (κ2) is 9.84. The third kappa shape index (κ3) is 6.06. The number of hydrogen-bond donors (Lipinski definition) is 0. The Hall–Kier alpha value is -3.04. The molecule has 3 heterocycles. The largest absolute Gasteiger partial charge is 0.468 e. The predicted octanol–water partition coefficient (Wildman–Crippen LogP) is 7.07. The van der Waals surface area contributed by atoms with Crippen LogP contribution in [0.3, 0.4) is 0 Å². The van der Waals surface area contributed by atoms with Crippen LogP contribution in [0.5, 0.6) is 5.88 Å². The zero-order chi connectivity index (χ0) is 24.2. The van der Waals surface area contributed by atoms with E-state index < -0.39 is 29.7 Å². The molecule has 3 rings (SSSR count). The molecule has 0 saturated carbocycles. The highest BCUT2D eigenvalue weighted by Crippen LogP contribution is 2.35. The average Bonchev–Trinajstić information content (AvgIpc) is 3.17. The Bertz CT molecular complexity index is 1060. The molecule has 2 aromatic heterocycles. The number of fused-ring (bicyclic) bond motifs is 1. The van der Waals surface area contributed by atoms with Crippen LogP contribution in [0, 0.1) is 0 Å². The number of alkyl halides is 6. The molecule has 1 unspecified atom stereocenters. The lowest BCUT2D eigenvalue weighted by Crippen LogP contribution is -2.21. The van der Waals surface area contributed by atoms with Crippen molar-refractivity contribution in [2.45, 2.75) is 58.1 Å². The molecule has 0 saturated heterocycles. The summed E-state index contributed by atoms with van der Waals surface area (Å²) in [5.41, 5.74) is -0.677. The zero-order valence-corrected chi connectivity index (χ0v) is 18.0. The van der Waals surface area contributed by atoms with Crippen LogP contribution in [0.1, 0.15) is 56.3 Å². The van der Waals surface area contributed by atoms with Gasteiger partial charge in [0, 0.05) is 18.2 Å². The maximum atomic E-state index is 13.4. The van der Waals surface area contributed by atoms with Gasteiger partial charge in [-0.3, -0.25) is 4.68 Å². The minimum atomic E-state index is -4.60. The summed E-state index contributed by atoms with van der Waals surface area (Å²) >= 11 is 0. The molecule has 0 aromatic carbocycles. The summed E-state index contributed by atoms with van der Waals surface area (Å²) in [7, 11) is 0. The highest BCUT2D eigenvalue weighted by molar-refractivity contribution is 5.74. The number of nitrogens with zero attached hydrogens (tertiary/aromatic N) is 3. The minimum absolute atomic E-state index is 0.180. The Kier molecular flexibility index (Phi) is 7.34. The first-order valence-corrected chi connectivity index (χ1v) is 10.4. The summed E-state index contributed by atoms with van der Waals surface area (Å²) < 4.78 is 86.5. The Balaban J connectivity index is 1.95. The second-order valence-corrected chi connectivity index (χ2v) is 7.45. The van der Waals surface area contributed by atoms with Gasteiger partial charge in [-0.15, -0.1) is 0 Å². The summed E-state index contributed by atoms with van der Waals surface area (Å²) in [4.78, 5) is 3.54. The van der Waals surface area contributed by atoms with Crippen molar-refractivity contribution in [1.29, 1.82) is 0 Å². The number of aromatic nitrogens is 3. The third-order valence-electron chi connectivity index (χ3n) is 4.96. The highest BCUT2D eigenvalue weighted by atomic mass is 19.4. The molecule has 0 amide bonds. The van der Waals surface area contributed by atoms with Crippen LogP contribution in [0.2, 0.25) is 0 Å². The molecular weight excluding hydrogens is 448 g/mol. The third-order valence-corrected chi connectivity index (χ3v) is 4.96. The van der Waals surface area contributed by atoms with Crippen molar-refractivity contribution >= 4 is 5.57 Å². The zero-order valence-electron chi connectivity index (χ0n) is 18.0. The maximum absolute atomic E-state index is 13.4. The van der Waals surface area contributed by atoms with Crippen molar-refractivity contribution < 1.29 is 31.1 Å². The van der Waals surface area contributed by atoms with Crippen molar-refractivity contribution in [2.24, 2.45) is 0 Å². The van der Waals surface area contributed by atoms with E-state index in [0.29, 0.717) is 30.8 Å². The lowest BCUT2D eigenvalue weighted by molar-refractivity contribution is -0.141. The number of allylic oxidation sites excluding steroid dienone is 6. The van der Waals surface area contributed by atoms with Crippen LogP contribution < -0.4 is 4.74 Å². The topological polar surface area (TPSA) is 39.9 Å². The SMILES string of the molecule is C\C=C/C(=C\C(=C\CC)C(F)(F)F)c1cc2n(n1)CCCC2Oc1cccc(C(F)(F)F)n1. The molecule has 0 bridgehead atoms. The van der Waals surface area contributed by atoms with Crippen molar-refractivity contribution in [3.8, 4) is 5.88 Å². The molecule has 178 valence electrons. The van der Waals surface area contributed by atoms with Crippen molar-refractivity contribution in [2.75, 3.05) is 0 Å². The van der Waals surface area contributed by atoms with Crippen molar-refractivity contribution in [3.63, 3.8) is 0 Å². The maximum Gasteiger partial charge on any atom is 0.433 e. The van der Waals surface area contributed by atoms with Crippen LogP contribution in [0.4, 0.5) is 26.3 Å². The quantitative estimate of drug-likeness (QED) is 0.334. The Morgan fingerprint density at radius 2 is 1.97 bits per heavy atom. The van der Waals surface area contributed by atoms with E-state index in [0.717, 1.165) is 18.2 Å². The van der Waals surface area contributed by atoms with Crippen LogP contribution in [-0.4, -0.2) is 20.9 Å². The molecule has 0 N–H and O–H groups in total. The van der Waals surface area contributed by atoms with Gasteiger partial charge in [0.15, 0.2) is 0 Å². The van der Waals surface area contributed by atoms with Crippen molar-refractivity contribution in [3.05, 3.63) is 71.2 Å². The molecular formula is C23H23F6N3O. The number of aryl methyl sites for hydroxylation is 1. The van der Waals surface area contributed by atoms with Gasteiger partial charge in [-0.05, 0) is 44.4 Å². The fraction of sp³-hybridized carbons (Fsp3) is 0.391. The monoisotopic (exact) mass is 471 g/mol. The molecule has 2 aromatic rings. The molecule has 1 aliphatic heterocycles. The van der Waals surface area contributed by atoms with Crippen molar-refractivity contribution in [1.82, 2.24) is 14.8 Å². The fourth-order valence-corrected chi connectivity index (χ4v) is 3.52. The molecule has 0 radical (unpaired) electrons. The van der Waals surface area contributed by atoms with Gasteiger partial charge in [0.05, 0.1) is 17.0 Å². The lowest BCUT2D eigenvalue weighted by atomic mass is 10.0. The number of pyridine rings is 1. The van der Waals surface area contributed by atoms with E-state index in [2.05, 4.69) is 10.1 Å². The minimum Gasteiger partial charge on any atom is -0.468 e. The molecule has 10 heteroatoms. The molecule has 0 aliphatic carbocycles. The van der Waals surface area contributed by atoms with E-state index in [9.17, 15) is 26.3 Å². The first kappa shape index (κ1) is 24.6. The van der Waals surface area contributed by atoms with E-state index in [1.54, 1.807) is 30.7 Å². The molecule has 33 heavy (non-hydrogen) atoms. The Morgan fingerprint density at radius 3 is 2.61 bits per heavy atom. The van der Waals surface area contributed by atoms with Gasteiger partial charge < -0.3 is 4.74 Å². The molecule has 1 aliphatic rings. The van der Waals surface area contributed by atoms with Gasteiger partial charge >= 0.3 is 12.4 Å². The number of ether oxygens (including phenoxy) is 1. The van der Waals surface area contributed by atoms with Crippen LogP contribution in [0.15, 0.2) is 54.1 Å². The molecule has 0 spiro atoms. The number of halogens is 6. The summed E-state index contributed by atoms with van der Waals surface area (Å²) in [6, 6.07) is 5.01. The van der Waals surface area contributed by atoms with Gasteiger partial charge in [0.2, 0.25) is 5.88 Å². The second-order valence-electron chi connectivity index (χ2n) is 7.45. The Labute approximate surface area is 187 Å². The van der Waals surface area contributed by atoms with E-state index in [1.165, 1.54) is 18.2 Å². The first-order chi connectivity index (χ1) is 15.5. The standard InChI is InChI=1S/C23H23F6N3O/c1-3-7-15(13-16(8-4-2)22(24,25)26)17-14-18-19(9-6-12-32(18)31-17)33-21-11-5-10-20(30-21)23(27,28)29/h3,5,7-8,10-11,13-14,19H,4,6,9,12H2,1-2H3/b7-3-,15-13+,16-8-. The van der Waals surface area contributed by atoms with E-state index in [-0.39, 0.29) is 17.9 Å². The van der Waals surface area contributed by atoms with Crippen LogP contribution in [-0.2, 0) is 12.7 Å². The van der Waals surface area contributed by atoms with Gasteiger partial charge in [-0.1, -0.05) is 31.2 Å². The van der Waals surface area contributed by atoms with Crippen LogP contribution in [0.25, 0.3) is 5.57 Å². The Morgan fingerprint density at radius 1 is 1.21 bits per heavy atom. The normalized spacial score (nSPS) is 18.0. The van der Waals surface area contributed by atoms with Gasteiger partial charge in [0.1, 0.15) is 11.8 Å². The summed E-state index contributed by atoms with van der Waals surface area (Å²) in [5.74, 6) is -0.180.